The summed E-state index contributed by atoms with van der Waals surface area (Å²) in [6.07, 6.45) is 1.66. The van der Waals surface area contributed by atoms with Gasteiger partial charge in [-0.1, -0.05) is 6.08 Å². The first kappa shape index (κ1) is 9.70. The normalized spacial score (nSPS) is 8.36. The number of likely N-dealkylation sites (N-methyl/N-ethyl adjacent to an activating group) is 1. The number of rotatable bonds is 4. The van der Waals surface area contributed by atoms with E-state index in [1.54, 1.807) is 11.0 Å². The molecule has 1 amide bonds. The number of nitrogens with zero attached hydrogens (tertiary/aromatic N) is 2. The molecule has 0 bridgehead atoms. The second-order valence-corrected chi connectivity index (χ2v) is 2.04. The van der Waals surface area contributed by atoms with Gasteiger partial charge in [0.25, 0.3) is 6.54 Å². The molecule has 0 rings (SSSR count). The summed E-state index contributed by atoms with van der Waals surface area (Å²) < 4.78 is 0. The topological polar surface area (TPSA) is 24.7 Å². The van der Waals surface area contributed by atoms with Crippen LogP contribution < -0.4 is 0 Å². The van der Waals surface area contributed by atoms with Gasteiger partial charge in [-0.3, -0.25) is 4.79 Å². The Morgan fingerprint density at radius 2 is 2.45 bits per heavy atom. The van der Waals surface area contributed by atoms with Crippen LogP contribution in [0.1, 0.15) is 6.92 Å². The van der Waals surface area contributed by atoms with Gasteiger partial charge in [0.2, 0.25) is 0 Å². The maximum absolute atomic E-state index is 11.0. The van der Waals surface area contributed by atoms with Crippen LogP contribution in [0.5, 0.6) is 0 Å². The molecule has 0 aromatic carbocycles. The molecule has 0 saturated carbocycles. The molecule has 0 aromatic rings. The quantitative estimate of drug-likeness (QED) is 0.434. The average Bonchev–Trinajstić information content (AvgIpc) is 2.00. The van der Waals surface area contributed by atoms with Crippen LogP contribution in [0.15, 0.2) is 12.7 Å². The molecule has 0 fully saturated rings. The third kappa shape index (κ3) is 3.41. The zero-order valence-corrected chi connectivity index (χ0v) is 6.71. The van der Waals surface area contributed by atoms with E-state index in [-0.39, 0.29) is 12.5 Å². The van der Waals surface area contributed by atoms with Crippen LogP contribution in [0.4, 0.5) is 0 Å². The molecule has 11 heavy (non-hydrogen) atoms. The van der Waals surface area contributed by atoms with E-state index >= 15 is 0 Å². The van der Waals surface area contributed by atoms with Gasteiger partial charge in [0, 0.05) is 13.1 Å². The fourth-order valence-corrected chi connectivity index (χ4v) is 0.731. The van der Waals surface area contributed by atoms with Crippen molar-refractivity contribution in [1.82, 2.24) is 4.90 Å². The van der Waals surface area contributed by atoms with Crippen LogP contribution >= 0.6 is 0 Å². The lowest BCUT2D eigenvalue weighted by Crippen LogP contribution is -2.32. The maximum Gasteiger partial charge on any atom is 0.303 e. The summed E-state index contributed by atoms with van der Waals surface area (Å²) in [6.45, 7) is 13.0. The van der Waals surface area contributed by atoms with E-state index in [0.29, 0.717) is 13.1 Å². The van der Waals surface area contributed by atoms with Crippen molar-refractivity contribution in [3.63, 3.8) is 0 Å². The van der Waals surface area contributed by atoms with Gasteiger partial charge in [-0.15, -0.1) is 6.58 Å². The average molecular weight is 152 g/mol. The molecule has 3 heteroatoms. The summed E-state index contributed by atoms with van der Waals surface area (Å²) >= 11 is 0. The summed E-state index contributed by atoms with van der Waals surface area (Å²) in [5.41, 5.74) is 0. The summed E-state index contributed by atoms with van der Waals surface area (Å²) in [6, 6.07) is 0. The first-order valence-corrected chi connectivity index (χ1v) is 3.48. The predicted octanol–water partition coefficient (Wildman–Crippen LogP) is 0.940. The van der Waals surface area contributed by atoms with Crippen molar-refractivity contribution >= 4 is 5.91 Å². The van der Waals surface area contributed by atoms with Crippen LogP contribution in [0.3, 0.4) is 0 Å². The lowest BCUT2D eigenvalue weighted by atomic mass is 10.4. The molecule has 0 aliphatic rings. The summed E-state index contributed by atoms with van der Waals surface area (Å²) in [4.78, 5) is 15.6. The molecule has 0 atom stereocenters. The van der Waals surface area contributed by atoms with Crippen molar-refractivity contribution in [3.8, 4) is 0 Å². The van der Waals surface area contributed by atoms with Crippen molar-refractivity contribution < 1.29 is 4.79 Å². The smallest absolute Gasteiger partial charge is 0.303 e. The van der Waals surface area contributed by atoms with Gasteiger partial charge in [0.15, 0.2) is 0 Å². The minimum atomic E-state index is -0.123. The Bertz CT molecular complexity index is 181. The van der Waals surface area contributed by atoms with Crippen molar-refractivity contribution in [2.75, 3.05) is 19.6 Å². The largest absolute Gasteiger partial charge is 0.333 e. The highest BCUT2D eigenvalue weighted by atomic mass is 16.2. The molecule has 0 spiro atoms. The lowest BCUT2D eigenvalue weighted by molar-refractivity contribution is -0.128. The Balaban J connectivity index is 3.93. The molecule has 0 aliphatic carbocycles. The van der Waals surface area contributed by atoms with Crippen LogP contribution in [-0.2, 0) is 4.79 Å². The Morgan fingerprint density at radius 1 is 1.82 bits per heavy atom. The summed E-state index contributed by atoms with van der Waals surface area (Å²) in [5.74, 6) is -0.123. The van der Waals surface area contributed by atoms with Gasteiger partial charge >= 0.3 is 5.91 Å². The van der Waals surface area contributed by atoms with E-state index in [4.69, 9.17) is 6.57 Å². The molecular weight excluding hydrogens is 140 g/mol. The third-order valence-electron chi connectivity index (χ3n) is 1.30. The molecule has 3 nitrogen and oxygen atoms in total. The standard InChI is InChI=1S/C8H12N2O/c1-4-6-10(5-2)8(11)7-9-3/h4H,1,5-7H2,2H3. The SMILES string of the molecule is [C-]#[N+]CC(=O)N(CC)CC=C. The fraction of sp³-hybridized carbons (Fsp3) is 0.500. The van der Waals surface area contributed by atoms with E-state index in [0.717, 1.165) is 0 Å². The number of amides is 1. The van der Waals surface area contributed by atoms with Crippen molar-refractivity contribution in [2.45, 2.75) is 6.92 Å². The van der Waals surface area contributed by atoms with E-state index in [9.17, 15) is 4.79 Å². The molecule has 0 radical (unpaired) electrons. The van der Waals surface area contributed by atoms with Crippen LogP contribution in [0.2, 0.25) is 0 Å². The first-order valence-electron chi connectivity index (χ1n) is 3.48. The zero-order chi connectivity index (χ0) is 8.69. The molecule has 0 heterocycles. The molecule has 0 unspecified atom stereocenters. The fourth-order valence-electron chi connectivity index (χ4n) is 0.731. The molecule has 0 aromatic heterocycles. The number of carbonyl (C=O) groups excluding carboxylic acids is 1. The van der Waals surface area contributed by atoms with E-state index in [1.165, 1.54) is 0 Å². The highest BCUT2D eigenvalue weighted by Gasteiger charge is 2.11. The third-order valence-corrected chi connectivity index (χ3v) is 1.30. The van der Waals surface area contributed by atoms with Crippen LogP contribution in [0, 0.1) is 6.57 Å². The van der Waals surface area contributed by atoms with Crippen molar-refractivity contribution in [1.29, 1.82) is 0 Å². The van der Waals surface area contributed by atoms with Gasteiger partial charge in [-0.05, 0) is 6.92 Å². The molecule has 60 valence electrons. The maximum atomic E-state index is 11.0. The Hall–Kier alpha value is -1.30. The first-order chi connectivity index (χ1) is 5.26. The monoisotopic (exact) mass is 152 g/mol. The minimum absolute atomic E-state index is 0.0539. The number of hydrogen-bond acceptors (Lipinski definition) is 1. The van der Waals surface area contributed by atoms with E-state index in [2.05, 4.69) is 11.4 Å². The van der Waals surface area contributed by atoms with Gasteiger partial charge in [0.1, 0.15) is 0 Å². The van der Waals surface area contributed by atoms with Gasteiger partial charge in [0.05, 0.1) is 0 Å². The second kappa shape index (κ2) is 5.48. The van der Waals surface area contributed by atoms with Crippen molar-refractivity contribution in [2.24, 2.45) is 0 Å². The van der Waals surface area contributed by atoms with E-state index < -0.39 is 0 Å². The Morgan fingerprint density at radius 3 is 2.82 bits per heavy atom. The second-order valence-electron chi connectivity index (χ2n) is 2.04. The van der Waals surface area contributed by atoms with Gasteiger partial charge < -0.3 is 9.74 Å². The molecule has 0 aliphatic heterocycles. The number of hydrogen-bond donors (Lipinski definition) is 0. The summed E-state index contributed by atoms with van der Waals surface area (Å²) in [5, 5.41) is 0. The van der Waals surface area contributed by atoms with Crippen LogP contribution in [-0.4, -0.2) is 30.4 Å². The van der Waals surface area contributed by atoms with E-state index in [1.807, 2.05) is 6.92 Å². The predicted molar refractivity (Wildman–Crippen MR) is 43.9 cm³/mol. The molecule has 0 N–H and O–H groups in total. The molecule has 0 saturated heterocycles. The van der Waals surface area contributed by atoms with Gasteiger partial charge in [-0.25, -0.2) is 6.57 Å². The highest BCUT2D eigenvalue weighted by molar-refractivity contribution is 5.79. The number of carbonyl (C=O) groups is 1. The Kier molecular flexibility index (Phi) is 4.83. The zero-order valence-electron chi connectivity index (χ0n) is 6.71. The minimum Gasteiger partial charge on any atom is -0.333 e. The Labute approximate surface area is 67.1 Å². The summed E-state index contributed by atoms with van der Waals surface area (Å²) in [7, 11) is 0. The molecular formula is C8H12N2O. The van der Waals surface area contributed by atoms with Crippen LogP contribution in [0.25, 0.3) is 4.85 Å². The van der Waals surface area contributed by atoms with Gasteiger partial charge in [-0.2, -0.15) is 0 Å². The van der Waals surface area contributed by atoms with Crippen molar-refractivity contribution in [3.05, 3.63) is 24.1 Å². The highest BCUT2D eigenvalue weighted by Crippen LogP contribution is 1.89. The lowest BCUT2D eigenvalue weighted by Gasteiger charge is -2.15.